The van der Waals surface area contributed by atoms with Crippen LogP contribution in [0.2, 0.25) is 5.02 Å². The van der Waals surface area contributed by atoms with E-state index >= 15 is 0 Å². The first-order valence-electron chi connectivity index (χ1n) is 9.97. The summed E-state index contributed by atoms with van der Waals surface area (Å²) in [6.07, 6.45) is 3.17. The van der Waals surface area contributed by atoms with Crippen LogP contribution >= 0.6 is 11.6 Å². The zero-order valence-corrected chi connectivity index (χ0v) is 18.2. The van der Waals surface area contributed by atoms with E-state index in [0.29, 0.717) is 6.54 Å². The molecular formula is C21H22ClF3N6O. The van der Waals surface area contributed by atoms with Crippen LogP contribution in [-0.4, -0.2) is 52.1 Å². The summed E-state index contributed by atoms with van der Waals surface area (Å²) in [5.74, 6) is -2.84. The standard InChI is InChI=1S/C21H22ClF3N6O/c1-31(2)21(6-3-7-21)10-26-20-28-17-12(9-15(24)16(25)18(17)29-20)19(30-32)27-11-4-5-14(23)13(22)8-11/h4-5,8-9,32H,3,6-7,10H2,1-2H3,(H,27,30)(H2,26,28,29). The number of hydrogen-bond acceptors (Lipinski definition) is 5. The van der Waals surface area contributed by atoms with Crippen molar-refractivity contribution in [2.75, 3.05) is 31.3 Å². The van der Waals surface area contributed by atoms with Gasteiger partial charge in [-0.05, 0) is 57.6 Å². The Morgan fingerprint density at radius 1 is 1.25 bits per heavy atom. The van der Waals surface area contributed by atoms with Crippen molar-refractivity contribution < 1.29 is 18.4 Å². The number of halogens is 4. The van der Waals surface area contributed by atoms with Gasteiger partial charge in [0, 0.05) is 23.3 Å². The van der Waals surface area contributed by atoms with Crippen LogP contribution in [0.25, 0.3) is 11.0 Å². The minimum Gasteiger partial charge on any atom is -0.409 e. The number of likely N-dealkylation sites (N-methyl/N-ethyl adjacent to an activating group) is 1. The van der Waals surface area contributed by atoms with Crippen LogP contribution < -0.4 is 10.6 Å². The van der Waals surface area contributed by atoms with Gasteiger partial charge >= 0.3 is 0 Å². The molecule has 32 heavy (non-hydrogen) atoms. The predicted octanol–water partition coefficient (Wildman–Crippen LogP) is 4.78. The minimum atomic E-state index is -1.16. The normalized spacial score (nSPS) is 15.8. The van der Waals surface area contributed by atoms with Crippen molar-refractivity contribution in [2.45, 2.75) is 24.8 Å². The average Bonchev–Trinajstić information content (AvgIpc) is 3.15. The number of fused-ring (bicyclic) bond motifs is 1. The Kier molecular flexibility index (Phi) is 5.91. The van der Waals surface area contributed by atoms with Crippen LogP contribution in [-0.2, 0) is 0 Å². The molecule has 1 saturated carbocycles. The monoisotopic (exact) mass is 466 g/mol. The fourth-order valence-corrected chi connectivity index (χ4v) is 4.03. The largest absolute Gasteiger partial charge is 0.409 e. The van der Waals surface area contributed by atoms with Gasteiger partial charge in [-0.3, -0.25) is 0 Å². The Labute approximate surface area is 187 Å². The third-order valence-electron chi connectivity index (χ3n) is 6.02. The molecule has 4 N–H and O–H groups in total. The lowest BCUT2D eigenvalue weighted by molar-refractivity contribution is 0.0737. The van der Waals surface area contributed by atoms with E-state index in [1.807, 2.05) is 14.1 Å². The van der Waals surface area contributed by atoms with Crippen molar-refractivity contribution in [1.29, 1.82) is 0 Å². The van der Waals surface area contributed by atoms with Gasteiger partial charge in [0.2, 0.25) is 5.95 Å². The van der Waals surface area contributed by atoms with Gasteiger partial charge in [-0.2, -0.15) is 0 Å². The van der Waals surface area contributed by atoms with Crippen molar-refractivity contribution in [3.05, 3.63) is 52.3 Å². The van der Waals surface area contributed by atoms with Gasteiger partial charge in [0.25, 0.3) is 0 Å². The number of aromatic amines is 1. The van der Waals surface area contributed by atoms with Crippen LogP contribution in [0.4, 0.5) is 24.8 Å². The van der Waals surface area contributed by atoms with Crippen LogP contribution in [0.5, 0.6) is 0 Å². The molecule has 0 spiro atoms. The number of oxime groups is 1. The number of H-pyrrole nitrogens is 1. The molecule has 7 nitrogen and oxygen atoms in total. The molecule has 1 aliphatic rings. The molecule has 0 aliphatic heterocycles. The number of benzene rings is 2. The third kappa shape index (κ3) is 3.95. The molecule has 0 saturated heterocycles. The quantitative estimate of drug-likeness (QED) is 0.182. The number of rotatable bonds is 6. The maximum atomic E-state index is 14.5. The second-order valence-corrected chi connectivity index (χ2v) is 8.46. The Bertz CT molecular complexity index is 1190. The van der Waals surface area contributed by atoms with E-state index in [2.05, 4.69) is 30.7 Å². The molecule has 0 unspecified atom stereocenters. The highest BCUT2D eigenvalue weighted by Crippen LogP contribution is 2.36. The molecule has 1 fully saturated rings. The zero-order chi connectivity index (χ0) is 23.0. The number of nitrogens with one attached hydrogen (secondary N) is 3. The molecule has 170 valence electrons. The summed E-state index contributed by atoms with van der Waals surface area (Å²) in [6.45, 7) is 0.576. The van der Waals surface area contributed by atoms with E-state index < -0.39 is 17.5 Å². The molecule has 0 bridgehead atoms. The zero-order valence-electron chi connectivity index (χ0n) is 17.4. The summed E-state index contributed by atoms with van der Waals surface area (Å²) >= 11 is 5.79. The number of amidine groups is 1. The van der Waals surface area contributed by atoms with E-state index in [-0.39, 0.29) is 44.6 Å². The minimum absolute atomic E-state index is 0.0211. The molecular weight excluding hydrogens is 445 g/mol. The molecule has 2 aromatic carbocycles. The van der Waals surface area contributed by atoms with E-state index in [1.54, 1.807) is 0 Å². The van der Waals surface area contributed by atoms with Crippen LogP contribution in [0.3, 0.4) is 0 Å². The van der Waals surface area contributed by atoms with Crippen molar-refractivity contribution >= 4 is 40.1 Å². The molecule has 4 rings (SSSR count). The van der Waals surface area contributed by atoms with E-state index in [1.165, 1.54) is 12.1 Å². The van der Waals surface area contributed by atoms with E-state index in [9.17, 15) is 18.4 Å². The number of aromatic nitrogens is 2. The van der Waals surface area contributed by atoms with Gasteiger partial charge < -0.3 is 25.7 Å². The first kappa shape index (κ1) is 22.2. The van der Waals surface area contributed by atoms with Crippen molar-refractivity contribution in [2.24, 2.45) is 5.16 Å². The third-order valence-corrected chi connectivity index (χ3v) is 6.31. The summed E-state index contributed by atoms with van der Waals surface area (Å²) in [4.78, 5) is 9.26. The van der Waals surface area contributed by atoms with Gasteiger partial charge in [-0.25, -0.2) is 18.2 Å². The highest BCUT2D eigenvalue weighted by Gasteiger charge is 2.39. The Balaban J connectivity index is 1.67. The Morgan fingerprint density at radius 3 is 2.59 bits per heavy atom. The Morgan fingerprint density at radius 2 is 2.00 bits per heavy atom. The summed E-state index contributed by atoms with van der Waals surface area (Å²) in [7, 11) is 4.01. The Hall–Kier alpha value is -2.98. The molecule has 0 atom stereocenters. The molecule has 0 radical (unpaired) electrons. The molecule has 0 amide bonds. The summed E-state index contributed by atoms with van der Waals surface area (Å²) < 4.78 is 42.2. The fourth-order valence-electron chi connectivity index (χ4n) is 3.84. The topological polar surface area (TPSA) is 88.6 Å². The van der Waals surface area contributed by atoms with Crippen molar-refractivity contribution in [3.63, 3.8) is 0 Å². The lowest BCUT2D eigenvalue weighted by Gasteiger charge is -2.47. The first-order valence-corrected chi connectivity index (χ1v) is 10.4. The lowest BCUT2D eigenvalue weighted by atomic mass is 9.75. The number of hydrogen-bond donors (Lipinski definition) is 4. The summed E-state index contributed by atoms with van der Waals surface area (Å²) in [6, 6.07) is 4.65. The fraction of sp³-hybridized carbons (Fsp3) is 0.333. The van der Waals surface area contributed by atoms with Gasteiger partial charge in [0.15, 0.2) is 17.5 Å². The van der Waals surface area contributed by atoms with E-state index in [4.69, 9.17) is 11.6 Å². The predicted molar refractivity (Wildman–Crippen MR) is 118 cm³/mol. The first-order chi connectivity index (χ1) is 15.2. The lowest BCUT2D eigenvalue weighted by Crippen LogP contribution is -2.54. The molecule has 3 aromatic rings. The molecule has 11 heteroatoms. The van der Waals surface area contributed by atoms with E-state index in [0.717, 1.165) is 31.4 Å². The summed E-state index contributed by atoms with van der Waals surface area (Å²) in [5, 5.41) is 18.5. The van der Waals surface area contributed by atoms with Gasteiger partial charge in [0.05, 0.1) is 10.5 Å². The number of anilines is 2. The molecule has 1 aromatic heterocycles. The van der Waals surface area contributed by atoms with Crippen molar-refractivity contribution in [3.8, 4) is 0 Å². The number of nitrogens with zero attached hydrogens (tertiary/aromatic N) is 3. The maximum absolute atomic E-state index is 14.5. The highest BCUT2D eigenvalue weighted by molar-refractivity contribution is 6.31. The molecule has 1 heterocycles. The SMILES string of the molecule is CN(C)C1(CNc2nc3c(F)c(F)cc(/C(=N/O)Nc4ccc(F)c(Cl)c4)c3[nH]2)CCC1. The smallest absolute Gasteiger partial charge is 0.201 e. The van der Waals surface area contributed by atoms with Crippen LogP contribution in [0, 0.1) is 17.5 Å². The van der Waals surface area contributed by atoms with Crippen molar-refractivity contribution in [1.82, 2.24) is 14.9 Å². The second kappa shape index (κ2) is 8.51. The maximum Gasteiger partial charge on any atom is 0.201 e. The van der Waals surface area contributed by atoms with Gasteiger partial charge in [-0.1, -0.05) is 16.8 Å². The average molecular weight is 467 g/mol. The summed E-state index contributed by atoms with van der Waals surface area (Å²) in [5.41, 5.74) is 0.195. The molecule has 1 aliphatic carbocycles. The van der Waals surface area contributed by atoms with Crippen LogP contribution in [0.15, 0.2) is 29.4 Å². The van der Waals surface area contributed by atoms with Gasteiger partial charge in [0.1, 0.15) is 11.3 Å². The second-order valence-electron chi connectivity index (χ2n) is 8.06. The highest BCUT2D eigenvalue weighted by atomic mass is 35.5. The van der Waals surface area contributed by atoms with Gasteiger partial charge in [-0.15, -0.1) is 0 Å². The van der Waals surface area contributed by atoms with Crippen LogP contribution in [0.1, 0.15) is 24.8 Å². The number of imidazole rings is 1.